The Hall–Kier alpha value is -1.85. The van der Waals surface area contributed by atoms with E-state index in [-0.39, 0.29) is 5.91 Å². The third-order valence-electron chi connectivity index (χ3n) is 4.44. The molecule has 26 heavy (non-hydrogen) atoms. The molecule has 1 N–H and O–H groups in total. The van der Waals surface area contributed by atoms with Crippen molar-refractivity contribution in [3.63, 3.8) is 0 Å². The van der Waals surface area contributed by atoms with Crippen LogP contribution >= 0.6 is 27.7 Å². The maximum atomic E-state index is 12.5. The number of halogens is 1. The Morgan fingerprint density at radius 2 is 2.08 bits per heavy atom. The van der Waals surface area contributed by atoms with E-state index in [1.807, 2.05) is 24.3 Å². The maximum absolute atomic E-state index is 12.5. The van der Waals surface area contributed by atoms with E-state index >= 15 is 0 Å². The van der Waals surface area contributed by atoms with E-state index in [2.05, 4.69) is 37.5 Å². The Bertz CT molecular complexity index is 827. The van der Waals surface area contributed by atoms with Gasteiger partial charge >= 0.3 is 0 Å². The summed E-state index contributed by atoms with van der Waals surface area (Å²) >= 11 is 4.65. The van der Waals surface area contributed by atoms with Gasteiger partial charge in [-0.05, 0) is 47.8 Å². The van der Waals surface area contributed by atoms with Gasteiger partial charge in [-0.1, -0.05) is 43.2 Å². The van der Waals surface area contributed by atoms with Gasteiger partial charge < -0.3 is 9.73 Å². The molecule has 1 amide bonds. The average molecular weight is 435 g/mol. The number of nitrogens with one attached hydrogen (secondary N) is 1. The second kappa shape index (κ2) is 8.23. The van der Waals surface area contributed by atoms with Crippen molar-refractivity contribution in [3.8, 4) is 17.5 Å². The van der Waals surface area contributed by atoms with Crippen LogP contribution in [0, 0.1) is 11.3 Å². The van der Waals surface area contributed by atoms with Gasteiger partial charge in [0.2, 0.25) is 11.8 Å². The Morgan fingerprint density at radius 1 is 1.35 bits per heavy atom. The summed E-state index contributed by atoms with van der Waals surface area (Å²) in [6.45, 7) is 1.77. The Labute approximate surface area is 164 Å². The van der Waals surface area contributed by atoms with Gasteiger partial charge in [0.25, 0.3) is 5.22 Å². The first-order valence-electron chi connectivity index (χ1n) is 8.51. The first kappa shape index (κ1) is 18.9. The number of carbonyl (C=O) groups is 1. The number of thioether (sulfide) groups is 1. The number of aromatic nitrogens is 2. The number of amides is 1. The van der Waals surface area contributed by atoms with Crippen LogP contribution in [0.5, 0.6) is 0 Å². The summed E-state index contributed by atoms with van der Waals surface area (Å²) in [5, 5.41) is 20.4. The summed E-state index contributed by atoms with van der Waals surface area (Å²) in [6, 6.07) is 9.87. The lowest BCUT2D eigenvalue weighted by molar-refractivity contribution is -0.122. The minimum absolute atomic E-state index is 0.181. The molecule has 1 heterocycles. The van der Waals surface area contributed by atoms with Crippen LogP contribution in [0.2, 0.25) is 0 Å². The highest BCUT2D eigenvalue weighted by molar-refractivity contribution is 9.10. The van der Waals surface area contributed by atoms with E-state index < -0.39 is 10.8 Å². The molecule has 0 bridgehead atoms. The monoisotopic (exact) mass is 434 g/mol. The molecular formula is C18H19BrN4O2S. The van der Waals surface area contributed by atoms with E-state index in [9.17, 15) is 10.1 Å². The molecule has 1 fully saturated rings. The minimum atomic E-state index is -0.737. The van der Waals surface area contributed by atoms with Gasteiger partial charge in [0, 0.05) is 4.47 Å². The highest BCUT2D eigenvalue weighted by Crippen LogP contribution is 2.31. The van der Waals surface area contributed by atoms with Crippen molar-refractivity contribution in [2.24, 2.45) is 0 Å². The van der Waals surface area contributed by atoms with E-state index in [1.165, 1.54) is 11.8 Å². The van der Waals surface area contributed by atoms with Crippen molar-refractivity contribution in [2.45, 2.75) is 55.0 Å². The number of hydrogen-bond acceptors (Lipinski definition) is 6. The molecule has 136 valence electrons. The predicted molar refractivity (Wildman–Crippen MR) is 102 cm³/mol. The van der Waals surface area contributed by atoms with Crippen LogP contribution in [0.4, 0.5) is 0 Å². The van der Waals surface area contributed by atoms with Crippen molar-refractivity contribution in [2.75, 3.05) is 0 Å². The summed E-state index contributed by atoms with van der Waals surface area (Å²) in [7, 11) is 0. The lowest BCUT2D eigenvalue weighted by Crippen LogP contribution is -2.50. The van der Waals surface area contributed by atoms with Gasteiger partial charge in [-0.2, -0.15) is 5.26 Å². The van der Waals surface area contributed by atoms with Crippen LogP contribution in [0.25, 0.3) is 11.5 Å². The van der Waals surface area contributed by atoms with Gasteiger partial charge in [0.05, 0.1) is 16.9 Å². The standard InChI is InChI=1S/C18H19BrN4O2S/c1-12(15(24)21-18(11-20)9-5-2-6-10-18)26-17-23-22-16(25-17)13-7-3-4-8-14(13)19/h3-4,7-8,12H,2,5-6,9-10H2,1H3,(H,21,24)/t12-/m1/s1. The fourth-order valence-corrected chi connectivity index (χ4v) is 4.10. The van der Waals surface area contributed by atoms with E-state index in [1.54, 1.807) is 6.92 Å². The molecule has 0 radical (unpaired) electrons. The Balaban J connectivity index is 1.65. The van der Waals surface area contributed by atoms with Crippen molar-refractivity contribution in [3.05, 3.63) is 28.7 Å². The highest BCUT2D eigenvalue weighted by atomic mass is 79.9. The number of nitrogens with zero attached hydrogens (tertiary/aromatic N) is 3. The topological polar surface area (TPSA) is 91.8 Å². The largest absolute Gasteiger partial charge is 0.411 e. The molecule has 1 aliphatic carbocycles. The quantitative estimate of drug-likeness (QED) is 0.704. The van der Waals surface area contributed by atoms with Crippen LogP contribution < -0.4 is 5.32 Å². The molecule has 3 rings (SSSR count). The molecule has 1 saturated carbocycles. The Kier molecular flexibility index (Phi) is 5.99. The summed E-state index contributed by atoms with van der Waals surface area (Å²) < 4.78 is 6.54. The fourth-order valence-electron chi connectivity index (χ4n) is 2.96. The second-order valence-electron chi connectivity index (χ2n) is 6.36. The van der Waals surface area contributed by atoms with E-state index in [0.717, 1.165) is 29.3 Å². The minimum Gasteiger partial charge on any atom is -0.411 e. The number of rotatable bonds is 5. The van der Waals surface area contributed by atoms with Gasteiger partial charge in [-0.15, -0.1) is 10.2 Å². The van der Waals surface area contributed by atoms with Crippen molar-refractivity contribution in [1.29, 1.82) is 5.26 Å². The summed E-state index contributed by atoms with van der Waals surface area (Å²) in [5.74, 6) is 0.215. The lowest BCUT2D eigenvalue weighted by Gasteiger charge is -2.32. The zero-order chi connectivity index (χ0) is 18.6. The molecule has 2 aromatic rings. The van der Waals surface area contributed by atoms with Gasteiger partial charge in [-0.3, -0.25) is 4.79 Å². The lowest BCUT2D eigenvalue weighted by atomic mass is 9.83. The normalized spacial score (nSPS) is 17.3. The third-order valence-corrected chi connectivity index (χ3v) is 6.07. The Morgan fingerprint density at radius 3 is 2.77 bits per heavy atom. The average Bonchev–Trinajstić information content (AvgIpc) is 3.11. The van der Waals surface area contributed by atoms with Crippen LogP contribution in [-0.4, -0.2) is 26.9 Å². The molecule has 1 aromatic carbocycles. The maximum Gasteiger partial charge on any atom is 0.277 e. The molecule has 1 aromatic heterocycles. The molecule has 1 aliphatic rings. The van der Waals surface area contributed by atoms with Crippen LogP contribution in [0.1, 0.15) is 39.0 Å². The number of hydrogen-bond donors (Lipinski definition) is 1. The van der Waals surface area contributed by atoms with Gasteiger partial charge in [0.15, 0.2) is 0 Å². The van der Waals surface area contributed by atoms with Crippen molar-refractivity contribution < 1.29 is 9.21 Å². The molecular weight excluding hydrogens is 416 g/mol. The first-order valence-corrected chi connectivity index (χ1v) is 10.2. The zero-order valence-electron chi connectivity index (χ0n) is 14.4. The summed E-state index contributed by atoms with van der Waals surface area (Å²) in [4.78, 5) is 12.5. The van der Waals surface area contributed by atoms with Crippen LogP contribution in [0.15, 0.2) is 38.4 Å². The first-order chi connectivity index (χ1) is 12.5. The molecule has 0 spiro atoms. The van der Waals surface area contributed by atoms with Gasteiger partial charge in [-0.25, -0.2) is 0 Å². The molecule has 0 unspecified atom stereocenters. The zero-order valence-corrected chi connectivity index (χ0v) is 16.8. The predicted octanol–water partition coefficient (Wildman–Crippen LogP) is 4.32. The van der Waals surface area contributed by atoms with Crippen molar-refractivity contribution >= 4 is 33.6 Å². The molecule has 0 aliphatic heterocycles. The second-order valence-corrected chi connectivity index (χ2v) is 8.50. The van der Waals surface area contributed by atoms with E-state index in [0.29, 0.717) is 24.0 Å². The highest BCUT2D eigenvalue weighted by Gasteiger charge is 2.35. The van der Waals surface area contributed by atoms with Crippen molar-refractivity contribution in [1.82, 2.24) is 15.5 Å². The summed E-state index contributed by atoms with van der Waals surface area (Å²) in [5.41, 5.74) is 0.0635. The third kappa shape index (κ3) is 4.27. The number of nitriles is 1. The number of carbonyl (C=O) groups excluding carboxylic acids is 1. The van der Waals surface area contributed by atoms with Crippen LogP contribution in [-0.2, 0) is 4.79 Å². The SMILES string of the molecule is C[C@@H](Sc1nnc(-c2ccccc2Br)o1)C(=O)NC1(C#N)CCCCC1. The molecule has 6 nitrogen and oxygen atoms in total. The smallest absolute Gasteiger partial charge is 0.277 e. The van der Waals surface area contributed by atoms with Gasteiger partial charge in [0.1, 0.15) is 5.54 Å². The number of benzene rings is 1. The fraction of sp³-hybridized carbons (Fsp3) is 0.444. The molecule has 8 heteroatoms. The summed E-state index contributed by atoms with van der Waals surface area (Å²) in [6.07, 6.45) is 4.46. The van der Waals surface area contributed by atoms with E-state index in [4.69, 9.17) is 4.42 Å². The molecule has 0 saturated heterocycles. The van der Waals surface area contributed by atoms with Crippen LogP contribution in [0.3, 0.4) is 0 Å². The molecule has 1 atom stereocenters.